The van der Waals surface area contributed by atoms with Crippen molar-refractivity contribution in [3.63, 3.8) is 0 Å². The smallest absolute Gasteiger partial charge is 0.345 e. The monoisotopic (exact) mass is 185 g/mol. The molecule has 1 atom stereocenters. The van der Waals surface area contributed by atoms with Crippen molar-refractivity contribution in [2.45, 2.75) is 19.4 Å². The fraction of sp³-hybridized carbons (Fsp3) is 0.375. The Morgan fingerprint density at radius 1 is 1.75 bits per heavy atom. The number of hydrogen-bond donors (Lipinski definition) is 2. The Morgan fingerprint density at radius 3 is 2.83 bits per heavy atom. The van der Waals surface area contributed by atoms with Crippen molar-refractivity contribution >= 4 is 17.3 Å². The van der Waals surface area contributed by atoms with Crippen molar-refractivity contribution in [2.75, 3.05) is 0 Å². The quantitative estimate of drug-likeness (QED) is 0.755. The topological polar surface area (TPSA) is 63.3 Å². The van der Waals surface area contributed by atoms with Gasteiger partial charge in [0.2, 0.25) is 0 Å². The van der Waals surface area contributed by atoms with E-state index in [1.807, 2.05) is 6.92 Å². The van der Waals surface area contributed by atoms with Gasteiger partial charge in [0.15, 0.2) is 0 Å². The average Bonchev–Trinajstić information content (AvgIpc) is 2.51. The van der Waals surface area contributed by atoms with Crippen LogP contribution in [0.4, 0.5) is 0 Å². The van der Waals surface area contributed by atoms with Crippen LogP contribution in [0.25, 0.3) is 0 Å². The third-order valence-electron chi connectivity index (χ3n) is 1.64. The predicted octanol–water partition coefficient (Wildman–Crippen LogP) is 1.86. The van der Waals surface area contributed by atoms with E-state index in [1.54, 1.807) is 12.1 Å². The van der Waals surface area contributed by atoms with Crippen LogP contribution in [-0.4, -0.2) is 11.1 Å². The first-order valence-electron chi connectivity index (χ1n) is 3.73. The molecule has 12 heavy (non-hydrogen) atoms. The van der Waals surface area contributed by atoms with E-state index < -0.39 is 5.97 Å². The van der Waals surface area contributed by atoms with Gasteiger partial charge in [-0.3, -0.25) is 0 Å². The van der Waals surface area contributed by atoms with Gasteiger partial charge in [-0.1, -0.05) is 6.92 Å². The molecule has 1 heterocycles. The SMILES string of the molecule is CC[C@H](N)c1ccc(C(=O)O)s1. The van der Waals surface area contributed by atoms with Crippen molar-refractivity contribution in [1.29, 1.82) is 0 Å². The first kappa shape index (κ1) is 9.22. The second kappa shape index (κ2) is 3.69. The van der Waals surface area contributed by atoms with Gasteiger partial charge in [-0.05, 0) is 18.6 Å². The normalized spacial score (nSPS) is 12.8. The fourth-order valence-corrected chi connectivity index (χ4v) is 1.80. The number of hydrogen-bond acceptors (Lipinski definition) is 3. The van der Waals surface area contributed by atoms with E-state index in [2.05, 4.69) is 0 Å². The van der Waals surface area contributed by atoms with Gasteiger partial charge in [-0.15, -0.1) is 11.3 Å². The minimum absolute atomic E-state index is 0.0249. The molecule has 4 heteroatoms. The van der Waals surface area contributed by atoms with E-state index in [4.69, 9.17) is 10.8 Å². The zero-order chi connectivity index (χ0) is 9.14. The summed E-state index contributed by atoms with van der Waals surface area (Å²) in [5.41, 5.74) is 5.73. The summed E-state index contributed by atoms with van der Waals surface area (Å²) in [6, 6.07) is 3.35. The molecule has 0 amide bonds. The maximum Gasteiger partial charge on any atom is 0.345 e. The Kier molecular flexibility index (Phi) is 2.83. The molecule has 0 saturated carbocycles. The average molecular weight is 185 g/mol. The van der Waals surface area contributed by atoms with Gasteiger partial charge in [0.1, 0.15) is 4.88 Å². The molecule has 1 rings (SSSR count). The molecule has 0 fully saturated rings. The van der Waals surface area contributed by atoms with Crippen molar-refractivity contribution < 1.29 is 9.90 Å². The number of nitrogens with two attached hydrogens (primary N) is 1. The molecule has 0 aromatic carbocycles. The largest absolute Gasteiger partial charge is 0.477 e. The highest BCUT2D eigenvalue weighted by molar-refractivity contribution is 7.14. The Balaban J connectivity index is 2.84. The molecule has 0 spiro atoms. The van der Waals surface area contributed by atoms with E-state index in [9.17, 15) is 4.79 Å². The Bertz CT molecular complexity index is 282. The highest BCUT2D eigenvalue weighted by Crippen LogP contribution is 2.23. The summed E-state index contributed by atoms with van der Waals surface area (Å²) in [6.45, 7) is 1.98. The Morgan fingerprint density at radius 2 is 2.42 bits per heavy atom. The van der Waals surface area contributed by atoms with Gasteiger partial charge in [-0.2, -0.15) is 0 Å². The van der Waals surface area contributed by atoms with Crippen LogP contribution in [0, 0.1) is 0 Å². The molecule has 0 saturated heterocycles. The lowest BCUT2D eigenvalue weighted by molar-refractivity contribution is 0.0702. The van der Waals surface area contributed by atoms with E-state index in [0.29, 0.717) is 4.88 Å². The standard InChI is InChI=1S/C8H11NO2S/c1-2-5(9)6-3-4-7(12-6)8(10)11/h3-5H,2,9H2,1H3,(H,10,11)/t5-/m0/s1. The molecule has 66 valence electrons. The number of carboxylic acids is 1. The Labute approximate surface area is 74.8 Å². The summed E-state index contributed by atoms with van der Waals surface area (Å²) in [6.07, 6.45) is 0.833. The van der Waals surface area contributed by atoms with E-state index in [-0.39, 0.29) is 6.04 Å². The van der Waals surface area contributed by atoms with Crippen molar-refractivity contribution in [3.8, 4) is 0 Å². The molecule has 0 aliphatic carbocycles. The number of carboxylic acid groups (broad SMARTS) is 1. The zero-order valence-corrected chi connectivity index (χ0v) is 7.60. The minimum atomic E-state index is -0.880. The maximum absolute atomic E-state index is 10.5. The molecule has 3 N–H and O–H groups in total. The van der Waals surface area contributed by atoms with Crippen LogP contribution in [0.2, 0.25) is 0 Å². The summed E-state index contributed by atoms with van der Waals surface area (Å²) >= 11 is 1.25. The first-order valence-corrected chi connectivity index (χ1v) is 4.55. The molecular weight excluding hydrogens is 174 g/mol. The van der Waals surface area contributed by atoms with Crippen LogP contribution in [0.5, 0.6) is 0 Å². The summed E-state index contributed by atoms with van der Waals surface area (Å²) in [5.74, 6) is -0.880. The fourth-order valence-electron chi connectivity index (χ4n) is 0.868. The molecule has 1 aromatic heterocycles. The summed E-state index contributed by atoms with van der Waals surface area (Å²) in [5, 5.41) is 8.62. The van der Waals surface area contributed by atoms with Crippen LogP contribution in [-0.2, 0) is 0 Å². The highest BCUT2D eigenvalue weighted by Gasteiger charge is 2.10. The Hall–Kier alpha value is -0.870. The van der Waals surface area contributed by atoms with Gasteiger partial charge in [0.25, 0.3) is 0 Å². The van der Waals surface area contributed by atoms with Crippen LogP contribution in [0.1, 0.15) is 33.9 Å². The van der Waals surface area contributed by atoms with Gasteiger partial charge in [0.05, 0.1) is 0 Å². The molecule has 1 aromatic rings. The molecule has 3 nitrogen and oxygen atoms in total. The first-order chi connectivity index (χ1) is 5.65. The molecule has 0 bridgehead atoms. The van der Waals surface area contributed by atoms with Crippen molar-refractivity contribution in [2.24, 2.45) is 5.73 Å². The van der Waals surface area contributed by atoms with Crippen LogP contribution in [0.15, 0.2) is 12.1 Å². The van der Waals surface area contributed by atoms with Crippen molar-refractivity contribution in [3.05, 3.63) is 21.9 Å². The lowest BCUT2D eigenvalue weighted by Gasteiger charge is -2.03. The molecule has 0 aliphatic rings. The van der Waals surface area contributed by atoms with E-state index >= 15 is 0 Å². The number of carbonyl (C=O) groups is 1. The lowest BCUT2D eigenvalue weighted by Crippen LogP contribution is -2.05. The van der Waals surface area contributed by atoms with Crippen LogP contribution in [0.3, 0.4) is 0 Å². The molecule has 0 unspecified atom stereocenters. The summed E-state index contributed by atoms with van der Waals surface area (Å²) in [4.78, 5) is 11.8. The third kappa shape index (κ3) is 1.84. The van der Waals surface area contributed by atoms with Crippen LogP contribution < -0.4 is 5.73 Å². The highest BCUT2D eigenvalue weighted by atomic mass is 32.1. The van der Waals surface area contributed by atoms with Gasteiger partial charge < -0.3 is 10.8 Å². The zero-order valence-electron chi connectivity index (χ0n) is 6.78. The number of thiophene rings is 1. The summed E-state index contributed by atoms with van der Waals surface area (Å²) < 4.78 is 0. The second-order valence-corrected chi connectivity index (χ2v) is 3.64. The van der Waals surface area contributed by atoms with Gasteiger partial charge in [-0.25, -0.2) is 4.79 Å². The second-order valence-electron chi connectivity index (χ2n) is 2.52. The minimum Gasteiger partial charge on any atom is -0.477 e. The van der Waals surface area contributed by atoms with Gasteiger partial charge in [0, 0.05) is 10.9 Å². The maximum atomic E-state index is 10.5. The molecule has 0 aliphatic heterocycles. The molecular formula is C8H11NO2S. The van der Waals surface area contributed by atoms with Crippen molar-refractivity contribution in [1.82, 2.24) is 0 Å². The lowest BCUT2D eigenvalue weighted by atomic mass is 10.2. The number of aromatic carboxylic acids is 1. The number of rotatable bonds is 3. The van der Waals surface area contributed by atoms with E-state index in [0.717, 1.165) is 11.3 Å². The summed E-state index contributed by atoms with van der Waals surface area (Å²) in [7, 11) is 0. The predicted molar refractivity (Wildman–Crippen MR) is 48.5 cm³/mol. The van der Waals surface area contributed by atoms with Gasteiger partial charge >= 0.3 is 5.97 Å². The van der Waals surface area contributed by atoms with Crippen LogP contribution >= 0.6 is 11.3 Å². The molecule has 0 radical (unpaired) electrons. The van der Waals surface area contributed by atoms with E-state index in [1.165, 1.54) is 11.3 Å². The third-order valence-corrected chi connectivity index (χ3v) is 2.85.